The summed E-state index contributed by atoms with van der Waals surface area (Å²) in [5.41, 5.74) is 1.25. The lowest BCUT2D eigenvalue weighted by Gasteiger charge is -2.44. The van der Waals surface area contributed by atoms with Crippen molar-refractivity contribution in [3.8, 4) is 0 Å². The van der Waals surface area contributed by atoms with Crippen molar-refractivity contribution in [2.45, 2.75) is 25.4 Å². The molecule has 1 aliphatic heterocycles. The second-order valence-electron chi connectivity index (χ2n) is 4.76. The van der Waals surface area contributed by atoms with Crippen LogP contribution in [0.3, 0.4) is 0 Å². The Labute approximate surface area is 109 Å². The van der Waals surface area contributed by atoms with Gasteiger partial charge in [-0.15, -0.1) is 0 Å². The molecule has 1 fully saturated rings. The molecule has 0 aromatic heterocycles. The third kappa shape index (κ3) is 3.31. The molecule has 0 bridgehead atoms. The summed E-state index contributed by atoms with van der Waals surface area (Å²) in [6.45, 7) is 3.39. The lowest BCUT2D eigenvalue weighted by atomic mass is 9.97. The monoisotopic (exact) mass is 269 g/mol. The van der Waals surface area contributed by atoms with E-state index in [1.165, 1.54) is 5.56 Å². The van der Waals surface area contributed by atoms with Gasteiger partial charge in [-0.2, -0.15) is 8.42 Å². The number of likely N-dealkylation sites (tertiary alicyclic amines) is 1. The van der Waals surface area contributed by atoms with Gasteiger partial charge in [0.2, 0.25) is 0 Å². The van der Waals surface area contributed by atoms with Crippen molar-refractivity contribution in [3.05, 3.63) is 35.9 Å². The highest BCUT2D eigenvalue weighted by atomic mass is 32.2. The standard InChI is InChI=1S/C13H19NO3S/c1-11(12-6-4-3-5-7-12)14-9-8-13(14)10-17-18(2,15)16/h3-7,11,13H,8-10H2,1-2H3/t11-,13+/m0/s1. The number of hydrogen-bond acceptors (Lipinski definition) is 4. The third-order valence-corrected chi connectivity index (χ3v) is 4.01. The average Bonchev–Trinajstić information content (AvgIpc) is 2.27. The van der Waals surface area contributed by atoms with Crippen molar-refractivity contribution in [3.63, 3.8) is 0 Å². The van der Waals surface area contributed by atoms with Gasteiger partial charge >= 0.3 is 0 Å². The Morgan fingerprint density at radius 2 is 2.06 bits per heavy atom. The summed E-state index contributed by atoms with van der Waals surface area (Å²) in [7, 11) is -3.34. The number of rotatable bonds is 5. The van der Waals surface area contributed by atoms with E-state index in [9.17, 15) is 8.42 Å². The second kappa shape index (κ2) is 5.38. The van der Waals surface area contributed by atoms with Gasteiger partial charge in [-0.3, -0.25) is 9.08 Å². The van der Waals surface area contributed by atoms with E-state index in [2.05, 4.69) is 24.0 Å². The molecule has 0 unspecified atom stereocenters. The molecule has 0 aliphatic carbocycles. The van der Waals surface area contributed by atoms with Crippen molar-refractivity contribution in [1.82, 2.24) is 4.90 Å². The Morgan fingerprint density at radius 3 is 2.56 bits per heavy atom. The molecule has 1 aromatic rings. The van der Waals surface area contributed by atoms with Gasteiger partial charge in [0, 0.05) is 18.6 Å². The smallest absolute Gasteiger partial charge is 0.264 e. The Hall–Kier alpha value is -0.910. The predicted octanol–water partition coefficient (Wildman–Crippen LogP) is 1.80. The van der Waals surface area contributed by atoms with Crippen LogP contribution in [-0.2, 0) is 14.3 Å². The van der Waals surface area contributed by atoms with Crippen molar-refractivity contribution in [2.75, 3.05) is 19.4 Å². The van der Waals surface area contributed by atoms with Gasteiger partial charge in [0.15, 0.2) is 0 Å². The van der Waals surface area contributed by atoms with E-state index in [1.807, 2.05) is 18.2 Å². The Kier molecular flexibility index (Phi) is 4.04. The van der Waals surface area contributed by atoms with Gasteiger partial charge < -0.3 is 0 Å². The summed E-state index contributed by atoms with van der Waals surface area (Å²) >= 11 is 0. The highest BCUT2D eigenvalue weighted by Gasteiger charge is 2.33. The zero-order valence-electron chi connectivity index (χ0n) is 10.7. The van der Waals surface area contributed by atoms with Gasteiger partial charge in [-0.25, -0.2) is 0 Å². The first kappa shape index (κ1) is 13.5. The molecule has 0 N–H and O–H groups in total. The molecular weight excluding hydrogens is 250 g/mol. The molecule has 1 aromatic carbocycles. The van der Waals surface area contributed by atoms with Crippen molar-refractivity contribution >= 4 is 10.1 Å². The maximum Gasteiger partial charge on any atom is 0.264 e. The number of benzene rings is 1. The number of nitrogens with zero attached hydrogens (tertiary/aromatic N) is 1. The lowest BCUT2D eigenvalue weighted by molar-refractivity contribution is 0.0190. The van der Waals surface area contributed by atoms with E-state index < -0.39 is 10.1 Å². The van der Waals surface area contributed by atoms with Crippen LogP contribution < -0.4 is 0 Å². The topological polar surface area (TPSA) is 46.6 Å². The minimum Gasteiger partial charge on any atom is -0.291 e. The minimum absolute atomic E-state index is 0.204. The molecule has 0 radical (unpaired) electrons. The van der Waals surface area contributed by atoms with Crippen LogP contribution in [0.15, 0.2) is 30.3 Å². The zero-order chi connectivity index (χ0) is 13.2. The minimum atomic E-state index is -3.34. The second-order valence-corrected chi connectivity index (χ2v) is 6.40. The first-order valence-corrected chi connectivity index (χ1v) is 7.94. The molecule has 1 aliphatic rings. The van der Waals surface area contributed by atoms with Gasteiger partial charge in [-0.05, 0) is 18.9 Å². The van der Waals surface area contributed by atoms with E-state index in [0.717, 1.165) is 19.2 Å². The fraction of sp³-hybridized carbons (Fsp3) is 0.538. The normalized spacial score (nSPS) is 22.4. The molecule has 2 rings (SSSR count). The maximum absolute atomic E-state index is 11.0. The molecule has 1 heterocycles. The predicted molar refractivity (Wildman–Crippen MR) is 70.8 cm³/mol. The maximum atomic E-state index is 11.0. The Balaban J connectivity index is 1.94. The van der Waals surface area contributed by atoms with Crippen molar-refractivity contribution in [2.24, 2.45) is 0 Å². The molecule has 100 valence electrons. The molecular formula is C13H19NO3S. The van der Waals surface area contributed by atoms with E-state index in [1.54, 1.807) is 0 Å². The fourth-order valence-corrected chi connectivity index (χ4v) is 2.68. The fourth-order valence-electron chi connectivity index (χ4n) is 2.27. The molecule has 0 spiro atoms. The van der Waals surface area contributed by atoms with Gasteiger partial charge in [0.25, 0.3) is 10.1 Å². The van der Waals surface area contributed by atoms with Crippen LogP contribution in [0.2, 0.25) is 0 Å². The van der Waals surface area contributed by atoms with E-state index in [4.69, 9.17) is 4.18 Å². The van der Waals surface area contributed by atoms with Gasteiger partial charge in [0.1, 0.15) is 0 Å². The molecule has 18 heavy (non-hydrogen) atoms. The molecule has 0 saturated carbocycles. The van der Waals surface area contributed by atoms with E-state index in [-0.39, 0.29) is 12.6 Å². The lowest BCUT2D eigenvalue weighted by Crippen LogP contribution is -2.51. The highest BCUT2D eigenvalue weighted by molar-refractivity contribution is 7.85. The summed E-state index contributed by atoms with van der Waals surface area (Å²) in [6, 6.07) is 10.7. The van der Waals surface area contributed by atoms with Crippen LogP contribution in [0.1, 0.15) is 24.9 Å². The molecule has 1 saturated heterocycles. The molecule has 2 atom stereocenters. The Morgan fingerprint density at radius 1 is 1.39 bits per heavy atom. The molecule has 5 heteroatoms. The third-order valence-electron chi connectivity index (χ3n) is 3.44. The van der Waals surface area contributed by atoms with Crippen LogP contribution in [0, 0.1) is 0 Å². The summed E-state index contributed by atoms with van der Waals surface area (Å²) in [5, 5.41) is 0. The van der Waals surface area contributed by atoms with Crippen molar-refractivity contribution in [1.29, 1.82) is 0 Å². The zero-order valence-corrected chi connectivity index (χ0v) is 11.6. The summed E-state index contributed by atoms with van der Waals surface area (Å²) in [4.78, 5) is 2.28. The summed E-state index contributed by atoms with van der Waals surface area (Å²) in [6.07, 6.45) is 2.09. The molecule has 0 amide bonds. The summed E-state index contributed by atoms with van der Waals surface area (Å²) in [5.74, 6) is 0. The quantitative estimate of drug-likeness (QED) is 0.765. The Bertz CT molecular complexity index is 486. The van der Waals surface area contributed by atoms with Gasteiger partial charge in [0.05, 0.1) is 12.9 Å². The average molecular weight is 269 g/mol. The van der Waals surface area contributed by atoms with Crippen LogP contribution >= 0.6 is 0 Å². The SMILES string of the molecule is C[C@@H](c1ccccc1)N1CC[C@@H]1COS(C)(=O)=O. The largest absolute Gasteiger partial charge is 0.291 e. The summed E-state index contributed by atoms with van der Waals surface area (Å²) < 4.78 is 26.8. The number of hydrogen-bond donors (Lipinski definition) is 0. The van der Waals surface area contributed by atoms with Crippen molar-refractivity contribution < 1.29 is 12.6 Å². The van der Waals surface area contributed by atoms with Gasteiger partial charge in [-0.1, -0.05) is 30.3 Å². The van der Waals surface area contributed by atoms with E-state index >= 15 is 0 Å². The van der Waals surface area contributed by atoms with E-state index in [0.29, 0.717) is 6.04 Å². The first-order chi connectivity index (χ1) is 8.47. The highest BCUT2D eigenvalue weighted by Crippen LogP contribution is 2.30. The first-order valence-electron chi connectivity index (χ1n) is 6.12. The molecule has 4 nitrogen and oxygen atoms in total. The van der Waals surface area contributed by atoms with Crippen LogP contribution in [0.4, 0.5) is 0 Å². The van der Waals surface area contributed by atoms with Crippen LogP contribution in [-0.4, -0.2) is 38.8 Å². The van der Waals surface area contributed by atoms with Crippen LogP contribution in [0.25, 0.3) is 0 Å². The van der Waals surface area contributed by atoms with Crippen LogP contribution in [0.5, 0.6) is 0 Å².